The summed E-state index contributed by atoms with van der Waals surface area (Å²) in [5.74, 6) is 0.852. The van der Waals surface area contributed by atoms with Gasteiger partial charge < -0.3 is 19.5 Å². The third kappa shape index (κ3) is 4.19. The molecule has 1 aliphatic heterocycles. The molecule has 1 fully saturated rings. The Kier molecular flexibility index (Phi) is 6.31. The average molecular weight is 483 g/mol. The Labute approximate surface area is 212 Å². The number of hydrogen-bond acceptors (Lipinski definition) is 3. The van der Waals surface area contributed by atoms with Crippen LogP contribution in [0.25, 0.3) is 5.69 Å². The van der Waals surface area contributed by atoms with Crippen LogP contribution in [-0.2, 0) is 0 Å². The molecule has 1 N–H and O–H groups in total. The number of anilines is 1. The SMILES string of the molecule is CCOc1ccc(N2C(=S)N[C@@H](c3ccccn3)[C@@H]2c2cc(C)n(-c3ccccc3C)c2C)cc1. The minimum absolute atomic E-state index is 0.0562. The van der Waals surface area contributed by atoms with Crippen LogP contribution in [0.2, 0.25) is 0 Å². The number of ether oxygens (including phenoxy) is 1. The monoisotopic (exact) mass is 482 g/mol. The van der Waals surface area contributed by atoms with Crippen molar-refractivity contribution >= 4 is 23.0 Å². The van der Waals surface area contributed by atoms with Gasteiger partial charge in [-0.1, -0.05) is 24.3 Å². The third-order valence-corrected chi connectivity index (χ3v) is 6.98. The smallest absolute Gasteiger partial charge is 0.174 e. The van der Waals surface area contributed by atoms with Gasteiger partial charge in [0.05, 0.1) is 24.4 Å². The predicted octanol–water partition coefficient (Wildman–Crippen LogP) is 6.37. The topological polar surface area (TPSA) is 42.3 Å². The first kappa shape index (κ1) is 23.1. The van der Waals surface area contributed by atoms with Crippen LogP contribution in [0.1, 0.15) is 47.2 Å². The van der Waals surface area contributed by atoms with Crippen molar-refractivity contribution in [1.29, 1.82) is 0 Å². The van der Waals surface area contributed by atoms with E-state index in [1.165, 1.54) is 28.2 Å². The third-order valence-electron chi connectivity index (χ3n) is 6.67. The van der Waals surface area contributed by atoms with Gasteiger partial charge in [-0.15, -0.1) is 0 Å². The van der Waals surface area contributed by atoms with E-state index in [0.717, 1.165) is 17.1 Å². The van der Waals surface area contributed by atoms with E-state index in [0.29, 0.717) is 11.7 Å². The summed E-state index contributed by atoms with van der Waals surface area (Å²) in [6, 6.07) is 24.9. The molecule has 3 heterocycles. The summed E-state index contributed by atoms with van der Waals surface area (Å²) in [5, 5.41) is 4.26. The number of para-hydroxylation sites is 1. The Hall–Kier alpha value is -3.64. The molecule has 6 heteroatoms. The molecule has 5 nitrogen and oxygen atoms in total. The summed E-state index contributed by atoms with van der Waals surface area (Å²) in [6.45, 7) is 9.15. The van der Waals surface area contributed by atoms with Gasteiger partial charge in [-0.3, -0.25) is 4.98 Å². The number of pyridine rings is 1. The van der Waals surface area contributed by atoms with E-state index in [9.17, 15) is 0 Å². The zero-order valence-electron chi connectivity index (χ0n) is 20.5. The maximum absolute atomic E-state index is 5.91. The quantitative estimate of drug-likeness (QED) is 0.323. The molecule has 2 aromatic heterocycles. The largest absolute Gasteiger partial charge is 0.494 e. The van der Waals surface area contributed by atoms with Crippen LogP contribution in [0.15, 0.2) is 79.0 Å². The molecule has 0 aliphatic carbocycles. The van der Waals surface area contributed by atoms with E-state index < -0.39 is 0 Å². The van der Waals surface area contributed by atoms with Gasteiger partial charge in [-0.25, -0.2) is 0 Å². The molecule has 0 spiro atoms. The van der Waals surface area contributed by atoms with Gasteiger partial charge in [0, 0.05) is 29.0 Å². The lowest BCUT2D eigenvalue weighted by Crippen LogP contribution is -2.29. The fourth-order valence-electron chi connectivity index (χ4n) is 5.09. The van der Waals surface area contributed by atoms with Crippen molar-refractivity contribution in [2.75, 3.05) is 11.5 Å². The summed E-state index contributed by atoms with van der Waals surface area (Å²) in [4.78, 5) is 6.91. The van der Waals surface area contributed by atoms with Crippen LogP contribution in [0.3, 0.4) is 0 Å². The molecule has 5 rings (SSSR count). The van der Waals surface area contributed by atoms with Gasteiger partial charge in [0.15, 0.2) is 5.11 Å². The lowest BCUT2D eigenvalue weighted by molar-refractivity contribution is 0.340. The second-order valence-electron chi connectivity index (χ2n) is 8.87. The van der Waals surface area contributed by atoms with E-state index in [1.54, 1.807) is 0 Å². The molecule has 2 atom stereocenters. The Balaban J connectivity index is 1.65. The summed E-state index contributed by atoms with van der Waals surface area (Å²) >= 11 is 5.91. The molecule has 1 saturated heterocycles. The number of benzene rings is 2. The van der Waals surface area contributed by atoms with Crippen LogP contribution in [-0.4, -0.2) is 21.3 Å². The maximum atomic E-state index is 5.91. The number of rotatable bonds is 6. The Morgan fingerprint density at radius 3 is 2.40 bits per heavy atom. The van der Waals surface area contributed by atoms with Crippen molar-refractivity contribution in [3.05, 3.63) is 107 Å². The Morgan fingerprint density at radius 1 is 0.971 bits per heavy atom. The van der Waals surface area contributed by atoms with Crippen LogP contribution in [0.4, 0.5) is 5.69 Å². The molecule has 4 aromatic rings. The van der Waals surface area contributed by atoms with E-state index in [4.69, 9.17) is 21.9 Å². The Morgan fingerprint density at radius 2 is 1.71 bits per heavy atom. The second kappa shape index (κ2) is 9.55. The maximum Gasteiger partial charge on any atom is 0.174 e. The molecule has 0 unspecified atom stereocenters. The van der Waals surface area contributed by atoms with E-state index >= 15 is 0 Å². The normalized spacial score (nSPS) is 17.5. The van der Waals surface area contributed by atoms with Crippen molar-refractivity contribution in [2.45, 2.75) is 39.8 Å². The number of aryl methyl sites for hydroxylation is 2. The van der Waals surface area contributed by atoms with Crippen LogP contribution in [0, 0.1) is 20.8 Å². The van der Waals surface area contributed by atoms with Gasteiger partial charge in [0.25, 0.3) is 0 Å². The van der Waals surface area contributed by atoms with E-state index in [1.807, 2.05) is 37.4 Å². The van der Waals surface area contributed by atoms with Gasteiger partial charge in [-0.05, 0) is 99.6 Å². The lowest BCUT2D eigenvalue weighted by Gasteiger charge is -2.28. The molecule has 0 saturated carbocycles. The molecule has 1 aliphatic rings. The molecule has 0 amide bonds. The summed E-state index contributed by atoms with van der Waals surface area (Å²) < 4.78 is 8.02. The van der Waals surface area contributed by atoms with E-state index in [2.05, 4.69) is 84.1 Å². The van der Waals surface area contributed by atoms with Crippen LogP contribution >= 0.6 is 12.2 Å². The number of nitrogens with zero attached hydrogens (tertiary/aromatic N) is 3. The molecule has 178 valence electrons. The van der Waals surface area contributed by atoms with Crippen molar-refractivity contribution in [1.82, 2.24) is 14.9 Å². The number of thiocarbonyl (C=S) groups is 1. The highest BCUT2D eigenvalue weighted by Crippen LogP contribution is 2.44. The van der Waals surface area contributed by atoms with Crippen molar-refractivity contribution < 1.29 is 4.74 Å². The van der Waals surface area contributed by atoms with Crippen molar-refractivity contribution in [3.63, 3.8) is 0 Å². The second-order valence-corrected chi connectivity index (χ2v) is 9.26. The molecule has 2 aromatic carbocycles. The summed E-state index contributed by atoms with van der Waals surface area (Å²) in [6.07, 6.45) is 1.84. The predicted molar refractivity (Wildman–Crippen MR) is 146 cm³/mol. The average Bonchev–Trinajstić information content (AvgIpc) is 3.36. The number of nitrogens with one attached hydrogen (secondary N) is 1. The number of hydrogen-bond donors (Lipinski definition) is 1. The van der Waals surface area contributed by atoms with Crippen molar-refractivity contribution in [3.8, 4) is 11.4 Å². The summed E-state index contributed by atoms with van der Waals surface area (Å²) in [7, 11) is 0. The first-order valence-electron chi connectivity index (χ1n) is 12.0. The molecule has 0 radical (unpaired) electrons. The lowest BCUT2D eigenvalue weighted by atomic mass is 9.96. The zero-order valence-corrected chi connectivity index (χ0v) is 21.3. The molecular weight excluding hydrogens is 452 g/mol. The highest BCUT2D eigenvalue weighted by molar-refractivity contribution is 7.80. The van der Waals surface area contributed by atoms with Crippen molar-refractivity contribution in [2.24, 2.45) is 0 Å². The van der Waals surface area contributed by atoms with Crippen LogP contribution < -0.4 is 15.0 Å². The molecular formula is C29H30N4OS. The molecule has 0 bridgehead atoms. The van der Waals surface area contributed by atoms with Gasteiger partial charge >= 0.3 is 0 Å². The highest BCUT2D eigenvalue weighted by Gasteiger charge is 2.42. The van der Waals surface area contributed by atoms with Crippen LogP contribution in [0.5, 0.6) is 5.75 Å². The van der Waals surface area contributed by atoms with Gasteiger partial charge in [0.1, 0.15) is 5.75 Å². The first-order valence-corrected chi connectivity index (χ1v) is 12.4. The zero-order chi connectivity index (χ0) is 24.5. The number of aromatic nitrogens is 2. The van der Waals surface area contributed by atoms with Gasteiger partial charge in [-0.2, -0.15) is 0 Å². The van der Waals surface area contributed by atoms with Gasteiger partial charge in [0.2, 0.25) is 0 Å². The highest BCUT2D eigenvalue weighted by atomic mass is 32.1. The standard InChI is InChI=1S/C29H30N4OS/c1-5-34-23-15-13-22(14-16-23)33-28(27(31-29(33)35)25-11-8-9-17-30-25)24-18-20(3)32(21(24)4)26-12-7-6-10-19(26)2/h6-18,27-28H,5H2,1-4H3,(H,31,35)/t27-,28-/m0/s1. The molecule has 35 heavy (non-hydrogen) atoms. The minimum Gasteiger partial charge on any atom is -0.494 e. The van der Waals surface area contributed by atoms with E-state index in [-0.39, 0.29) is 12.1 Å². The fourth-order valence-corrected chi connectivity index (χ4v) is 5.44. The fraction of sp³-hybridized carbons (Fsp3) is 0.241. The first-order chi connectivity index (χ1) is 17.0. The minimum atomic E-state index is -0.0823. The summed E-state index contributed by atoms with van der Waals surface area (Å²) in [5.41, 5.74) is 8.04. The Bertz CT molecular complexity index is 1350.